The van der Waals surface area contributed by atoms with Gasteiger partial charge in [-0.15, -0.1) is 0 Å². The number of alkyl halides is 1. The number of hydrogen-bond donors (Lipinski definition) is 0. The molecule has 2 unspecified atom stereocenters. The van der Waals surface area contributed by atoms with Crippen LogP contribution in [-0.4, -0.2) is 17.1 Å². The lowest BCUT2D eigenvalue weighted by Gasteiger charge is -2.34. The molecule has 0 spiro atoms. The van der Waals surface area contributed by atoms with Crippen LogP contribution in [0.25, 0.3) is 0 Å². The van der Waals surface area contributed by atoms with Crippen molar-refractivity contribution in [3.8, 4) is 5.75 Å². The fraction of sp³-hybridized carbons (Fsp3) is 0.538. The molecule has 2 atom stereocenters. The molecule has 0 bridgehead atoms. The van der Waals surface area contributed by atoms with Gasteiger partial charge in [-0.2, -0.15) is 0 Å². The molecule has 3 heteroatoms. The van der Waals surface area contributed by atoms with Gasteiger partial charge in [0, 0.05) is 10.0 Å². The minimum absolute atomic E-state index is 0.214. The summed E-state index contributed by atoms with van der Waals surface area (Å²) >= 11 is 2.54. The molecule has 1 aromatic carbocycles. The number of rotatable bonds is 2. The first kappa shape index (κ1) is 12.2. The van der Waals surface area contributed by atoms with Crippen LogP contribution < -0.4 is 4.74 Å². The molecule has 1 heterocycles. The molecule has 2 rings (SSSR count). The first-order valence-corrected chi connectivity index (χ1v) is 6.63. The number of hydrogen-bond acceptors (Lipinski definition) is 2. The first-order chi connectivity index (χ1) is 7.61. The van der Waals surface area contributed by atoms with E-state index in [9.17, 15) is 0 Å². The molecular weight excluding hydrogens is 315 g/mol. The van der Waals surface area contributed by atoms with Crippen molar-refractivity contribution in [2.45, 2.75) is 29.3 Å². The summed E-state index contributed by atoms with van der Waals surface area (Å²) in [4.78, 5) is 0. The van der Waals surface area contributed by atoms with Crippen LogP contribution >= 0.6 is 22.6 Å². The summed E-state index contributed by atoms with van der Waals surface area (Å²) < 4.78 is 11.4. The van der Waals surface area contributed by atoms with E-state index in [1.165, 1.54) is 5.56 Å². The van der Waals surface area contributed by atoms with Crippen LogP contribution in [0.1, 0.15) is 31.4 Å². The van der Waals surface area contributed by atoms with Crippen LogP contribution in [0.5, 0.6) is 5.75 Å². The van der Waals surface area contributed by atoms with Crippen molar-refractivity contribution >= 4 is 22.6 Å². The Morgan fingerprint density at radius 3 is 3.00 bits per heavy atom. The standard InChI is InChI=1S/C13H17IO2/c1-13(14)6-7-16-12(9-13)10-4-3-5-11(8-10)15-2/h3-5,8,12H,6-7,9H2,1-2H3. The first-order valence-electron chi connectivity index (χ1n) is 5.55. The maximum absolute atomic E-state index is 5.84. The van der Waals surface area contributed by atoms with Crippen LogP contribution in [0.3, 0.4) is 0 Å². The van der Waals surface area contributed by atoms with Gasteiger partial charge in [-0.3, -0.25) is 0 Å². The van der Waals surface area contributed by atoms with Crippen LogP contribution in [0.4, 0.5) is 0 Å². The molecular formula is C13H17IO2. The topological polar surface area (TPSA) is 18.5 Å². The minimum atomic E-state index is 0.214. The molecule has 1 aliphatic rings. The van der Waals surface area contributed by atoms with Gasteiger partial charge in [-0.25, -0.2) is 0 Å². The van der Waals surface area contributed by atoms with Crippen LogP contribution in [0, 0.1) is 0 Å². The van der Waals surface area contributed by atoms with Gasteiger partial charge in [0.15, 0.2) is 0 Å². The fourth-order valence-corrected chi connectivity index (χ4v) is 2.64. The summed E-state index contributed by atoms with van der Waals surface area (Å²) in [5.41, 5.74) is 1.22. The lowest BCUT2D eigenvalue weighted by Crippen LogP contribution is -2.28. The number of methoxy groups -OCH3 is 1. The summed E-state index contributed by atoms with van der Waals surface area (Å²) in [5.74, 6) is 0.904. The van der Waals surface area contributed by atoms with Crippen molar-refractivity contribution in [3.05, 3.63) is 29.8 Å². The van der Waals surface area contributed by atoms with E-state index in [1.807, 2.05) is 12.1 Å². The Kier molecular flexibility index (Phi) is 3.74. The van der Waals surface area contributed by atoms with Crippen molar-refractivity contribution in [2.24, 2.45) is 0 Å². The summed E-state index contributed by atoms with van der Waals surface area (Å²) in [7, 11) is 1.70. The maximum atomic E-state index is 5.84. The predicted molar refractivity (Wildman–Crippen MR) is 73.3 cm³/mol. The van der Waals surface area contributed by atoms with Gasteiger partial charge in [0.05, 0.1) is 13.2 Å². The SMILES string of the molecule is COc1cccc(C2CC(C)(I)CCO2)c1. The zero-order chi connectivity index (χ0) is 11.6. The van der Waals surface area contributed by atoms with E-state index in [0.717, 1.165) is 25.2 Å². The molecule has 88 valence electrons. The molecule has 0 amide bonds. The zero-order valence-corrected chi connectivity index (χ0v) is 11.9. The Hall–Kier alpha value is -0.290. The maximum Gasteiger partial charge on any atom is 0.119 e. The number of benzene rings is 1. The molecule has 16 heavy (non-hydrogen) atoms. The van der Waals surface area contributed by atoms with Gasteiger partial charge >= 0.3 is 0 Å². The molecule has 0 saturated carbocycles. The highest BCUT2D eigenvalue weighted by molar-refractivity contribution is 14.1. The van der Waals surface area contributed by atoms with Crippen LogP contribution in [-0.2, 0) is 4.74 Å². The second-order valence-electron chi connectivity index (χ2n) is 4.50. The van der Waals surface area contributed by atoms with Crippen molar-refractivity contribution in [3.63, 3.8) is 0 Å². The molecule has 0 radical (unpaired) electrons. The van der Waals surface area contributed by atoms with Crippen molar-refractivity contribution in [2.75, 3.05) is 13.7 Å². The van der Waals surface area contributed by atoms with Gasteiger partial charge in [-0.1, -0.05) is 41.6 Å². The van der Waals surface area contributed by atoms with E-state index in [-0.39, 0.29) is 6.10 Å². The van der Waals surface area contributed by atoms with Gasteiger partial charge in [0.2, 0.25) is 0 Å². The molecule has 0 aliphatic carbocycles. The highest BCUT2D eigenvalue weighted by atomic mass is 127. The van der Waals surface area contributed by atoms with E-state index >= 15 is 0 Å². The predicted octanol–water partition coefficient (Wildman–Crippen LogP) is 3.74. The fourth-order valence-electron chi connectivity index (χ4n) is 2.02. The Labute approximate surface area is 110 Å². The lowest BCUT2D eigenvalue weighted by molar-refractivity contribution is 0.00532. The summed E-state index contributed by atoms with van der Waals surface area (Å²) in [6.07, 6.45) is 2.42. The number of ether oxygens (including phenoxy) is 2. The quantitative estimate of drug-likeness (QED) is 0.607. The highest BCUT2D eigenvalue weighted by Crippen LogP contribution is 2.40. The normalized spacial score (nSPS) is 30.1. The van der Waals surface area contributed by atoms with Crippen LogP contribution in [0.2, 0.25) is 0 Å². The van der Waals surface area contributed by atoms with E-state index in [2.05, 4.69) is 41.6 Å². The molecule has 2 nitrogen and oxygen atoms in total. The minimum Gasteiger partial charge on any atom is -0.497 e. The summed E-state index contributed by atoms with van der Waals surface area (Å²) in [5, 5.41) is 0. The summed E-state index contributed by atoms with van der Waals surface area (Å²) in [6.45, 7) is 3.14. The smallest absolute Gasteiger partial charge is 0.119 e. The second kappa shape index (κ2) is 4.92. The highest BCUT2D eigenvalue weighted by Gasteiger charge is 2.31. The van der Waals surface area contributed by atoms with Gasteiger partial charge < -0.3 is 9.47 Å². The van der Waals surface area contributed by atoms with E-state index in [0.29, 0.717) is 3.42 Å². The van der Waals surface area contributed by atoms with Gasteiger partial charge in [0.1, 0.15) is 5.75 Å². The van der Waals surface area contributed by atoms with Crippen molar-refractivity contribution in [1.82, 2.24) is 0 Å². The van der Waals surface area contributed by atoms with E-state index in [4.69, 9.17) is 9.47 Å². The van der Waals surface area contributed by atoms with E-state index < -0.39 is 0 Å². The van der Waals surface area contributed by atoms with Gasteiger partial charge in [0.25, 0.3) is 0 Å². The molecule has 0 N–H and O–H groups in total. The number of halogens is 1. The van der Waals surface area contributed by atoms with Gasteiger partial charge in [-0.05, 0) is 30.5 Å². The third-order valence-corrected chi connectivity index (χ3v) is 4.00. The molecule has 1 aromatic rings. The van der Waals surface area contributed by atoms with Crippen LogP contribution in [0.15, 0.2) is 24.3 Å². The molecule has 1 saturated heterocycles. The molecule has 1 fully saturated rings. The lowest BCUT2D eigenvalue weighted by atomic mass is 9.93. The average Bonchev–Trinajstić information content (AvgIpc) is 2.28. The Morgan fingerprint density at radius 1 is 1.50 bits per heavy atom. The third kappa shape index (κ3) is 2.88. The second-order valence-corrected chi connectivity index (χ2v) is 7.11. The zero-order valence-electron chi connectivity index (χ0n) is 9.70. The summed E-state index contributed by atoms with van der Waals surface area (Å²) in [6, 6.07) is 8.18. The third-order valence-electron chi connectivity index (χ3n) is 3.02. The Bertz CT molecular complexity index is 363. The molecule has 1 aliphatic heterocycles. The van der Waals surface area contributed by atoms with E-state index in [1.54, 1.807) is 7.11 Å². The average molecular weight is 332 g/mol. The molecule has 0 aromatic heterocycles. The Balaban J connectivity index is 2.16. The van der Waals surface area contributed by atoms with Crippen molar-refractivity contribution < 1.29 is 9.47 Å². The van der Waals surface area contributed by atoms with Crippen molar-refractivity contribution in [1.29, 1.82) is 0 Å². The Morgan fingerprint density at radius 2 is 2.31 bits per heavy atom. The largest absolute Gasteiger partial charge is 0.497 e. The monoisotopic (exact) mass is 332 g/mol.